The minimum absolute atomic E-state index is 0.0496. The maximum atomic E-state index is 12.3. The van der Waals surface area contributed by atoms with E-state index < -0.39 is 5.97 Å². The molecule has 20 heavy (non-hydrogen) atoms. The molecule has 1 atom stereocenters. The van der Waals surface area contributed by atoms with Crippen LogP contribution in [-0.2, 0) is 4.79 Å². The lowest BCUT2D eigenvalue weighted by Crippen LogP contribution is -2.54. The maximum Gasteiger partial charge on any atom is 0.320 e. The van der Waals surface area contributed by atoms with Gasteiger partial charge in [-0.05, 0) is 25.4 Å². The minimum atomic E-state index is -0.812. The Labute approximate surface area is 125 Å². The molecule has 0 radical (unpaired) electrons. The summed E-state index contributed by atoms with van der Waals surface area (Å²) in [5.74, 6) is 0.234. The molecule has 0 bridgehead atoms. The SMILES string of the molecule is CSCCC(C)N(C)C(=O)N1CCN(CC(=O)O)CC1. The molecule has 116 valence electrons. The first-order chi connectivity index (χ1) is 9.45. The molecule has 1 aliphatic rings. The zero-order chi connectivity index (χ0) is 15.1. The van der Waals surface area contributed by atoms with Gasteiger partial charge in [-0.3, -0.25) is 9.69 Å². The molecule has 2 amide bonds. The first kappa shape index (κ1) is 17.1. The summed E-state index contributed by atoms with van der Waals surface area (Å²) in [6, 6.07) is 0.278. The normalized spacial score (nSPS) is 17.9. The number of carbonyl (C=O) groups is 2. The summed E-state index contributed by atoms with van der Waals surface area (Å²) >= 11 is 1.79. The van der Waals surface area contributed by atoms with E-state index in [9.17, 15) is 9.59 Å². The van der Waals surface area contributed by atoms with Gasteiger partial charge in [0.05, 0.1) is 6.54 Å². The fraction of sp³-hybridized carbons (Fsp3) is 0.846. The van der Waals surface area contributed by atoms with Gasteiger partial charge in [0, 0.05) is 39.3 Å². The van der Waals surface area contributed by atoms with Crippen molar-refractivity contribution in [1.82, 2.24) is 14.7 Å². The Hall–Kier alpha value is -0.950. The third-order valence-electron chi connectivity index (χ3n) is 3.70. The first-order valence-electron chi connectivity index (χ1n) is 6.90. The second-order valence-electron chi connectivity index (χ2n) is 5.18. The van der Waals surface area contributed by atoms with E-state index in [-0.39, 0.29) is 18.6 Å². The van der Waals surface area contributed by atoms with Gasteiger partial charge in [-0.15, -0.1) is 0 Å². The summed E-state index contributed by atoms with van der Waals surface area (Å²) < 4.78 is 0. The van der Waals surface area contributed by atoms with Crippen molar-refractivity contribution in [2.45, 2.75) is 19.4 Å². The highest BCUT2D eigenvalue weighted by Gasteiger charge is 2.26. The molecule has 7 heteroatoms. The number of carboxylic acids is 1. The lowest BCUT2D eigenvalue weighted by molar-refractivity contribution is -0.138. The van der Waals surface area contributed by atoms with Gasteiger partial charge >= 0.3 is 12.0 Å². The van der Waals surface area contributed by atoms with E-state index >= 15 is 0 Å². The zero-order valence-corrected chi connectivity index (χ0v) is 13.4. The Morgan fingerprint density at radius 2 is 1.90 bits per heavy atom. The summed E-state index contributed by atoms with van der Waals surface area (Å²) in [5, 5.41) is 8.75. The Morgan fingerprint density at radius 1 is 1.30 bits per heavy atom. The highest BCUT2D eigenvalue weighted by atomic mass is 32.2. The van der Waals surface area contributed by atoms with Crippen LogP contribution in [-0.4, -0.2) is 89.6 Å². The highest BCUT2D eigenvalue weighted by molar-refractivity contribution is 7.98. The molecule has 1 aliphatic heterocycles. The van der Waals surface area contributed by atoms with Crippen LogP contribution in [0.25, 0.3) is 0 Å². The van der Waals surface area contributed by atoms with Crippen molar-refractivity contribution in [3.05, 3.63) is 0 Å². The van der Waals surface area contributed by atoms with E-state index in [1.165, 1.54) is 0 Å². The van der Waals surface area contributed by atoms with Crippen molar-refractivity contribution >= 4 is 23.8 Å². The van der Waals surface area contributed by atoms with Crippen LogP contribution >= 0.6 is 11.8 Å². The number of rotatable bonds is 6. The van der Waals surface area contributed by atoms with Crippen molar-refractivity contribution < 1.29 is 14.7 Å². The van der Waals surface area contributed by atoms with E-state index in [0.717, 1.165) is 12.2 Å². The van der Waals surface area contributed by atoms with Gasteiger partial charge in [0.1, 0.15) is 0 Å². The average molecular weight is 303 g/mol. The van der Waals surface area contributed by atoms with Gasteiger partial charge in [-0.25, -0.2) is 4.79 Å². The summed E-state index contributed by atoms with van der Waals surface area (Å²) in [5.41, 5.74) is 0. The van der Waals surface area contributed by atoms with Crippen LogP contribution in [0.5, 0.6) is 0 Å². The van der Waals surface area contributed by atoms with Crippen molar-refractivity contribution in [2.75, 3.05) is 51.8 Å². The van der Waals surface area contributed by atoms with Crippen LogP contribution in [0.4, 0.5) is 4.79 Å². The van der Waals surface area contributed by atoms with Crippen molar-refractivity contribution in [1.29, 1.82) is 0 Å². The molecule has 0 aliphatic carbocycles. The molecular formula is C13H25N3O3S. The molecule has 1 unspecified atom stereocenters. The van der Waals surface area contributed by atoms with E-state index in [2.05, 4.69) is 13.2 Å². The molecule has 0 aromatic carbocycles. The van der Waals surface area contributed by atoms with Crippen molar-refractivity contribution in [2.24, 2.45) is 0 Å². The summed E-state index contributed by atoms with van der Waals surface area (Å²) in [6.07, 6.45) is 3.05. The summed E-state index contributed by atoms with van der Waals surface area (Å²) in [4.78, 5) is 28.5. The number of amides is 2. The summed E-state index contributed by atoms with van der Waals surface area (Å²) in [7, 11) is 1.84. The Morgan fingerprint density at radius 3 is 2.40 bits per heavy atom. The number of piperazine rings is 1. The Kier molecular flexibility index (Phi) is 7.15. The topological polar surface area (TPSA) is 64.1 Å². The van der Waals surface area contributed by atoms with Gasteiger partial charge in [0.25, 0.3) is 0 Å². The molecule has 1 rings (SSSR count). The third-order valence-corrected chi connectivity index (χ3v) is 4.35. The van der Waals surface area contributed by atoms with Gasteiger partial charge in [0.15, 0.2) is 0 Å². The molecular weight excluding hydrogens is 278 g/mol. The number of urea groups is 1. The number of carboxylic acid groups (broad SMARTS) is 1. The standard InChI is InChI=1S/C13H25N3O3S/c1-11(4-9-20-3)14(2)13(19)16-7-5-15(6-8-16)10-12(17)18/h11H,4-10H2,1-3H3,(H,17,18). The second kappa shape index (κ2) is 8.36. The predicted octanol–water partition coefficient (Wildman–Crippen LogP) is 0.882. The monoisotopic (exact) mass is 303 g/mol. The molecule has 0 aromatic rings. The van der Waals surface area contributed by atoms with Gasteiger partial charge < -0.3 is 14.9 Å². The van der Waals surface area contributed by atoms with Crippen molar-refractivity contribution in [3.63, 3.8) is 0 Å². The third kappa shape index (κ3) is 5.20. The van der Waals surface area contributed by atoms with E-state index in [1.807, 2.05) is 16.8 Å². The summed E-state index contributed by atoms with van der Waals surface area (Å²) in [6.45, 7) is 4.59. The first-order valence-corrected chi connectivity index (χ1v) is 8.30. The Bertz CT molecular complexity index is 333. The molecule has 0 saturated carbocycles. The average Bonchev–Trinajstić information content (AvgIpc) is 2.43. The largest absolute Gasteiger partial charge is 0.480 e. The minimum Gasteiger partial charge on any atom is -0.480 e. The predicted molar refractivity (Wildman–Crippen MR) is 81.3 cm³/mol. The smallest absolute Gasteiger partial charge is 0.320 e. The van der Waals surface area contributed by atoms with E-state index in [1.54, 1.807) is 16.7 Å². The Balaban J connectivity index is 2.39. The fourth-order valence-electron chi connectivity index (χ4n) is 2.18. The van der Waals surface area contributed by atoms with Crippen LogP contribution in [0.2, 0.25) is 0 Å². The van der Waals surface area contributed by atoms with Crippen molar-refractivity contribution in [3.8, 4) is 0 Å². The van der Waals surface area contributed by atoms with E-state index in [4.69, 9.17) is 5.11 Å². The number of nitrogens with zero attached hydrogens (tertiary/aromatic N) is 3. The highest BCUT2D eigenvalue weighted by Crippen LogP contribution is 2.10. The zero-order valence-electron chi connectivity index (χ0n) is 12.5. The van der Waals surface area contributed by atoms with Crippen LogP contribution < -0.4 is 0 Å². The number of thioether (sulfide) groups is 1. The number of carbonyl (C=O) groups excluding carboxylic acids is 1. The number of hydrogen-bond donors (Lipinski definition) is 1. The molecule has 1 fully saturated rings. The maximum absolute atomic E-state index is 12.3. The lowest BCUT2D eigenvalue weighted by atomic mass is 10.2. The van der Waals surface area contributed by atoms with Crippen LogP contribution in [0.15, 0.2) is 0 Å². The van der Waals surface area contributed by atoms with E-state index in [0.29, 0.717) is 26.2 Å². The van der Waals surface area contributed by atoms with Gasteiger partial charge in [-0.1, -0.05) is 0 Å². The molecule has 1 N–H and O–H groups in total. The number of hydrogen-bond acceptors (Lipinski definition) is 4. The fourth-order valence-corrected chi connectivity index (χ4v) is 2.76. The molecule has 0 spiro atoms. The van der Waals surface area contributed by atoms with Crippen LogP contribution in [0.1, 0.15) is 13.3 Å². The quantitative estimate of drug-likeness (QED) is 0.789. The molecule has 0 aromatic heterocycles. The molecule has 1 heterocycles. The van der Waals surface area contributed by atoms with Gasteiger partial charge in [0.2, 0.25) is 0 Å². The molecule has 1 saturated heterocycles. The lowest BCUT2D eigenvalue weighted by Gasteiger charge is -2.37. The van der Waals surface area contributed by atoms with Crippen LogP contribution in [0, 0.1) is 0 Å². The molecule has 6 nitrogen and oxygen atoms in total. The van der Waals surface area contributed by atoms with Crippen LogP contribution in [0.3, 0.4) is 0 Å². The second-order valence-corrected chi connectivity index (χ2v) is 6.17. The van der Waals surface area contributed by atoms with Gasteiger partial charge in [-0.2, -0.15) is 11.8 Å². The number of aliphatic carboxylic acids is 1.